The molecule has 7 heteroatoms. The first-order chi connectivity index (χ1) is 8.61. The molecule has 0 bridgehead atoms. The fraction of sp³-hybridized carbons (Fsp3) is 0. The number of nitrogen functional groups attached to an aromatic ring is 1. The normalized spacial score (nSPS) is 9.78. The van der Waals surface area contributed by atoms with E-state index in [4.69, 9.17) is 11.0 Å². The lowest BCUT2D eigenvalue weighted by Crippen LogP contribution is -2.15. The van der Waals surface area contributed by atoms with Crippen LogP contribution < -0.4 is 11.1 Å². The van der Waals surface area contributed by atoms with Crippen LogP contribution in [-0.2, 0) is 0 Å². The molecule has 1 amide bonds. The van der Waals surface area contributed by atoms with Gasteiger partial charge in [0, 0.05) is 4.47 Å². The van der Waals surface area contributed by atoms with Gasteiger partial charge in [-0.15, -0.1) is 0 Å². The van der Waals surface area contributed by atoms with Crippen molar-refractivity contribution in [3.05, 3.63) is 40.1 Å². The molecule has 0 atom stereocenters. The van der Waals surface area contributed by atoms with Crippen LogP contribution >= 0.6 is 15.9 Å². The van der Waals surface area contributed by atoms with Gasteiger partial charge in [-0.25, -0.2) is 0 Å². The minimum atomic E-state index is -0.441. The van der Waals surface area contributed by atoms with Crippen LogP contribution in [0.15, 0.2) is 28.9 Å². The second-order valence-corrected chi connectivity index (χ2v) is 4.37. The number of rotatable bonds is 2. The van der Waals surface area contributed by atoms with Crippen LogP contribution in [0.1, 0.15) is 16.1 Å². The fourth-order valence-electron chi connectivity index (χ4n) is 1.38. The first-order valence-corrected chi connectivity index (χ1v) is 5.71. The number of benzene rings is 1. The molecule has 2 aromatic rings. The van der Waals surface area contributed by atoms with E-state index in [0.717, 1.165) is 4.47 Å². The molecule has 0 radical (unpaired) electrons. The molecule has 2 rings (SSSR count). The highest BCUT2D eigenvalue weighted by molar-refractivity contribution is 9.10. The molecular weight excluding hydrogens is 298 g/mol. The molecule has 0 unspecified atom stereocenters. The maximum atomic E-state index is 11.9. The lowest BCUT2D eigenvalue weighted by Gasteiger charge is -2.06. The maximum Gasteiger partial charge on any atom is 0.275 e. The van der Waals surface area contributed by atoms with Crippen LogP contribution in [-0.4, -0.2) is 16.1 Å². The molecule has 1 heterocycles. The molecular formula is C11H8BrN5O. The summed E-state index contributed by atoms with van der Waals surface area (Å²) in [4.78, 5) is 11.9. The average molecular weight is 306 g/mol. The zero-order chi connectivity index (χ0) is 13.1. The van der Waals surface area contributed by atoms with E-state index in [1.165, 1.54) is 6.20 Å². The molecule has 0 aliphatic carbocycles. The summed E-state index contributed by atoms with van der Waals surface area (Å²) in [7, 11) is 0. The highest BCUT2D eigenvalue weighted by Gasteiger charge is 2.13. The molecule has 0 aliphatic rings. The van der Waals surface area contributed by atoms with Crippen molar-refractivity contribution < 1.29 is 4.79 Å². The maximum absolute atomic E-state index is 11.9. The van der Waals surface area contributed by atoms with E-state index in [2.05, 4.69) is 31.4 Å². The number of hydrogen-bond donors (Lipinski definition) is 3. The predicted molar refractivity (Wildman–Crippen MR) is 69.8 cm³/mol. The minimum absolute atomic E-state index is 0.168. The average Bonchev–Trinajstić information content (AvgIpc) is 2.77. The molecule has 0 spiro atoms. The van der Waals surface area contributed by atoms with E-state index in [1.54, 1.807) is 18.2 Å². The molecule has 4 N–H and O–H groups in total. The number of amides is 1. The van der Waals surface area contributed by atoms with Crippen molar-refractivity contribution in [1.29, 1.82) is 5.26 Å². The first-order valence-electron chi connectivity index (χ1n) is 4.91. The Balaban J connectivity index is 2.28. The third-order valence-corrected chi connectivity index (χ3v) is 2.74. The number of nitrogens with two attached hydrogens (primary N) is 1. The Morgan fingerprint density at radius 3 is 2.94 bits per heavy atom. The molecule has 0 saturated heterocycles. The molecule has 1 aromatic heterocycles. The van der Waals surface area contributed by atoms with E-state index in [-0.39, 0.29) is 11.4 Å². The third kappa shape index (κ3) is 2.33. The number of carbonyl (C=O) groups excluding carboxylic acids is 1. The summed E-state index contributed by atoms with van der Waals surface area (Å²) in [6.07, 6.45) is 1.35. The Bertz CT molecular complexity index is 643. The molecule has 1 aromatic carbocycles. The van der Waals surface area contributed by atoms with Gasteiger partial charge in [0.05, 0.1) is 23.1 Å². The summed E-state index contributed by atoms with van der Waals surface area (Å²) in [5.41, 5.74) is 6.76. The lowest BCUT2D eigenvalue weighted by atomic mass is 10.2. The van der Waals surface area contributed by atoms with Gasteiger partial charge < -0.3 is 11.1 Å². The zero-order valence-corrected chi connectivity index (χ0v) is 10.7. The van der Waals surface area contributed by atoms with Crippen LogP contribution in [0, 0.1) is 11.3 Å². The van der Waals surface area contributed by atoms with Gasteiger partial charge in [0.2, 0.25) is 0 Å². The number of hydrogen-bond acceptors (Lipinski definition) is 4. The second-order valence-electron chi connectivity index (χ2n) is 3.46. The topological polar surface area (TPSA) is 108 Å². The summed E-state index contributed by atoms with van der Waals surface area (Å²) < 4.78 is 0.762. The van der Waals surface area contributed by atoms with Crippen LogP contribution in [0.2, 0.25) is 0 Å². The van der Waals surface area contributed by atoms with Crippen LogP contribution in [0.3, 0.4) is 0 Å². The van der Waals surface area contributed by atoms with Crippen LogP contribution in [0.5, 0.6) is 0 Å². The summed E-state index contributed by atoms with van der Waals surface area (Å²) in [5.74, 6) is -0.441. The number of halogens is 1. The highest BCUT2D eigenvalue weighted by Crippen LogP contribution is 2.21. The second kappa shape index (κ2) is 4.89. The fourth-order valence-corrected chi connectivity index (χ4v) is 1.74. The van der Waals surface area contributed by atoms with Crippen molar-refractivity contribution in [2.24, 2.45) is 0 Å². The van der Waals surface area contributed by atoms with Crippen LogP contribution in [0.4, 0.5) is 11.4 Å². The Hall–Kier alpha value is -2.33. The molecule has 90 valence electrons. The van der Waals surface area contributed by atoms with Crippen molar-refractivity contribution in [2.45, 2.75) is 0 Å². The quantitative estimate of drug-likeness (QED) is 0.787. The van der Waals surface area contributed by atoms with Gasteiger partial charge in [-0.1, -0.05) is 15.9 Å². The molecule has 0 aliphatic heterocycles. The molecule has 18 heavy (non-hydrogen) atoms. The zero-order valence-electron chi connectivity index (χ0n) is 9.07. The number of anilines is 2. The van der Waals surface area contributed by atoms with Gasteiger partial charge in [-0.3, -0.25) is 9.89 Å². The number of nitrogens with one attached hydrogen (secondary N) is 2. The van der Waals surface area contributed by atoms with Crippen molar-refractivity contribution >= 4 is 33.2 Å². The monoisotopic (exact) mass is 305 g/mol. The van der Waals surface area contributed by atoms with Gasteiger partial charge in [-0.2, -0.15) is 10.4 Å². The van der Waals surface area contributed by atoms with E-state index in [0.29, 0.717) is 11.3 Å². The largest absolute Gasteiger partial charge is 0.396 e. The number of nitrogens with zero attached hydrogens (tertiary/aromatic N) is 2. The van der Waals surface area contributed by atoms with E-state index in [9.17, 15) is 4.79 Å². The van der Waals surface area contributed by atoms with Crippen molar-refractivity contribution in [2.75, 3.05) is 11.1 Å². The Labute approximate surface area is 111 Å². The van der Waals surface area contributed by atoms with Gasteiger partial charge in [-0.05, 0) is 18.2 Å². The number of carbonyl (C=O) groups is 1. The van der Waals surface area contributed by atoms with Gasteiger partial charge in [0.25, 0.3) is 5.91 Å². The molecule has 0 fully saturated rings. The lowest BCUT2D eigenvalue weighted by molar-refractivity contribution is 0.102. The number of H-pyrrole nitrogens is 1. The van der Waals surface area contributed by atoms with Crippen molar-refractivity contribution in [1.82, 2.24) is 10.2 Å². The third-order valence-electron chi connectivity index (χ3n) is 2.25. The number of aromatic amines is 1. The van der Waals surface area contributed by atoms with E-state index >= 15 is 0 Å². The number of aromatic nitrogens is 2. The summed E-state index contributed by atoms with van der Waals surface area (Å²) in [6.45, 7) is 0. The minimum Gasteiger partial charge on any atom is -0.396 e. The standard InChI is InChI=1S/C11H8BrN5O/c12-7-1-2-9(6(3-7)4-13)16-11(18)10-8(14)5-15-17-10/h1-3,5H,14H2,(H,15,17)(H,16,18). The summed E-state index contributed by atoms with van der Waals surface area (Å²) in [5, 5.41) is 17.7. The van der Waals surface area contributed by atoms with E-state index in [1.807, 2.05) is 6.07 Å². The number of nitriles is 1. The summed E-state index contributed by atoms with van der Waals surface area (Å²) in [6, 6.07) is 6.98. The smallest absolute Gasteiger partial charge is 0.275 e. The van der Waals surface area contributed by atoms with Crippen LogP contribution in [0.25, 0.3) is 0 Å². The summed E-state index contributed by atoms with van der Waals surface area (Å²) >= 11 is 3.25. The highest BCUT2D eigenvalue weighted by atomic mass is 79.9. The van der Waals surface area contributed by atoms with Crippen molar-refractivity contribution in [3.8, 4) is 6.07 Å². The Morgan fingerprint density at radius 2 is 2.33 bits per heavy atom. The molecule has 0 saturated carbocycles. The van der Waals surface area contributed by atoms with Gasteiger partial charge >= 0.3 is 0 Å². The van der Waals surface area contributed by atoms with Crippen molar-refractivity contribution in [3.63, 3.8) is 0 Å². The Morgan fingerprint density at radius 1 is 1.56 bits per heavy atom. The Kier molecular flexibility index (Phi) is 3.30. The first kappa shape index (κ1) is 12.1. The van der Waals surface area contributed by atoms with Gasteiger partial charge in [0.1, 0.15) is 11.8 Å². The molecule has 6 nitrogen and oxygen atoms in total. The predicted octanol–water partition coefficient (Wildman–Crippen LogP) is 1.88. The van der Waals surface area contributed by atoms with E-state index < -0.39 is 5.91 Å². The SMILES string of the molecule is N#Cc1cc(Br)ccc1NC(=O)c1[nH]ncc1N. The van der Waals surface area contributed by atoms with Gasteiger partial charge in [0.15, 0.2) is 0 Å².